The maximum Gasteiger partial charge on any atom is 0.257 e. The van der Waals surface area contributed by atoms with Crippen molar-refractivity contribution < 1.29 is 18.7 Å². The average molecular weight is 255 g/mol. The van der Waals surface area contributed by atoms with Crippen molar-refractivity contribution in [2.75, 3.05) is 6.61 Å². The molecule has 1 aromatic rings. The highest BCUT2D eigenvalue weighted by Gasteiger charge is 2.35. The predicted molar refractivity (Wildman–Crippen MR) is 62.1 cm³/mol. The summed E-state index contributed by atoms with van der Waals surface area (Å²) in [7, 11) is 0. The molecule has 5 heteroatoms. The molecule has 1 fully saturated rings. The van der Waals surface area contributed by atoms with Gasteiger partial charge in [-0.15, -0.1) is 0 Å². The second-order valence-electron chi connectivity index (χ2n) is 4.70. The maximum absolute atomic E-state index is 13.4. The second kappa shape index (κ2) is 5.02. The first-order valence-electron chi connectivity index (χ1n) is 5.95. The van der Waals surface area contributed by atoms with Gasteiger partial charge in [0.25, 0.3) is 5.91 Å². The molecule has 0 bridgehead atoms. The van der Waals surface area contributed by atoms with Crippen LogP contribution in [0.4, 0.5) is 8.78 Å². The number of amides is 1. The van der Waals surface area contributed by atoms with Gasteiger partial charge in [-0.3, -0.25) is 4.79 Å². The molecule has 0 saturated heterocycles. The number of halogens is 2. The zero-order chi connectivity index (χ0) is 13.2. The fraction of sp³-hybridized carbons (Fsp3) is 0.462. The highest BCUT2D eigenvalue weighted by molar-refractivity contribution is 5.95. The minimum Gasteiger partial charge on any atom is -0.394 e. The summed E-state index contributed by atoms with van der Waals surface area (Å²) < 4.78 is 26.9. The van der Waals surface area contributed by atoms with E-state index < -0.39 is 28.6 Å². The quantitative estimate of drug-likeness (QED) is 0.868. The number of benzene rings is 1. The molecule has 1 aliphatic carbocycles. The van der Waals surface area contributed by atoms with Gasteiger partial charge in [-0.1, -0.05) is 18.9 Å². The van der Waals surface area contributed by atoms with Crippen LogP contribution < -0.4 is 5.32 Å². The Morgan fingerprint density at radius 2 is 1.83 bits per heavy atom. The van der Waals surface area contributed by atoms with Gasteiger partial charge in [0, 0.05) is 0 Å². The van der Waals surface area contributed by atoms with Crippen LogP contribution in [0.25, 0.3) is 0 Å². The summed E-state index contributed by atoms with van der Waals surface area (Å²) in [6, 6.07) is 3.29. The van der Waals surface area contributed by atoms with Crippen LogP contribution in [0.15, 0.2) is 18.2 Å². The van der Waals surface area contributed by atoms with Crippen LogP contribution in [-0.4, -0.2) is 23.2 Å². The van der Waals surface area contributed by atoms with Crippen LogP contribution >= 0.6 is 0 Å². The minimum atomic E-state index is -0.890. The van der Waals surface area contributed by atoms with E-state index in [1.165, 1.54) is 6.07 Å². The van der Waals surface area contributed by atoms with Crippen LogP contribution in [0.3, 0.4) is 0 Å². The van der Waals surface area contributed by atoms with Crippen LogP contribution in [-0.2, 0) is 0 Å². The highest BCUT2D eigenvalue weighted by atomic mass is 19.1. The molecule has 18 heavy (non-hydrogen) atoms. The van der Waals surface area contributed by atoms with E-state index in [-0.39, 0.29) is 6.61 Å². The van der Waals surface area contributed by atoms with Gasteiger partial charge in [0.1, 0.15) is 17.2 Å². The van der Waals surface area contributed by atoms with E-state index in [1.54, 1.807) is 0 Å². The van der Waals surface area contributed by atoms with E-state index in [9.17, 15) is 18.7 Å². The number of nitrogens with one attached hydrogen (secondary N) is 1. The van der Waals surface area contributed by atoms with E-state index in [1.807, 2.05) is 0 Å². The molecule has 1 aromatic carbocycles. The molecule has 0 aliphatic heterocycles. The first kappa shape index (κ1) is 13.0. The lowest BCUT2D eigenvalue weighted by Gasteiger charge is -2.28. The van der Waals surface area contributed by atoms with Crippen LogP contribution in [0.1, 0.15) is 36.0 Å². The molecule has 0 heterocycles. The summed E-state index contributed by atoms with van der Waals surface area (Å²) in [5.74, 6) is -2.58. The normalized spacial score (nSPS) is 17.7. The number of carbonyl (C=O) groups is 1. The molecule has 1 saturated carbocycles. The van der Waals surface area contributed by atoms with E-state index in [4.69, 9.17) is 0 Å². The third kappa shape index (κ3) is 2.36. The third-order valence-corrected chi connectivity index (χ3v) is 3.43. The largest absolute Gasteiger partial charge is 0.394 e. The molecule has 3 nitrogen and oxygen atoms in total. The lowest BCUT2D eigenvalue weighted by molar-refractivity contribution is 0.0830. The lowest BCUT2D eigenvalue weighted by atomic mass is 9.98. The molecular weight excluding hydrogens is 240 g/mol. The van der Waals surface area contributed by atoms with Gasteiger partial charge < -0.3 is 10.4 Å². The van der Waals surface area contributed by atoms with E-state index in [0.717, 1.165) is 25.0 Å². The van der Waals surface area contributed by atoms with Crippen LogP contribution in [0.5, 0.6) is 0 Å². The summed E-state index contributed by atoms with van der Waals surface area (Å²) in [4.78, 5) is 11.9. The Balaban J connectivity index is 2.22. The number of aliphatic hydroxyl groups excluding tert-OH is 1. The summed E-state index contributed by atoms with van der Waals surface area (Å²) in [5.41, 5.74) is -1.32. The average Bonchev–Trinajstić information content (AvgIpc) is 2.78. The zero-order valence-electron chi connectivity index (χ0n) is 9.88. The smallest absolute Gasteiger partial charge is 0.257 e. The van der Waals surface area contributed by atoms with E-state index in [0.29, 0.717) is 12.8 Å². The van der Waals surface area contributed by atoms with Crippen molar-refractivity contribution in [3.63, 3.8) is 0 Å². The molecule has 98 valence electrons. The van der Waals surface area contributed by atoms with Crippen molar-refractivity contribution in [1.82, 2.24) is 5.32 Å². The molecule has 1 amide bonds. The van der Waals surface area contributed by atoms with Gasteiger partial charge in [-0.2, -0.15) is 0 Å². The van der Waals surface area contributed by atoms with Crippen molar-refractivity contribution in [3.8, 4) is 0 Å². The Kier molecular flexibility index (Phi) is 3.61. The summed E-state index contributed by atoms with van der Waals surface area (Å²) in [6.07, 6.45) is 3.04. The third-order valence-electron chi connectivity index (χ3n) is 3.43. The predicted octanol–water partition coefficient (Wildman–Crippen LogP) is 2.00. The van der Waals surface area contributed by atoms with Crippen molar-refractivity contribution >= 4 is 5.91 Å². The molecular formula is C13H15F2NO2. The molecule has 0 unspecified atom stereocenters. The number of hydrogen-bond acceptors (Lipinski definition) is 2. The summed E-state index contributed by atoms with van der Waals surface area (Å²) >= 11 is 0. The SMILES string of the molecule is O=C(NC1(CO)CCCC1)c1c(F)cccc1F. The Labute approximate surface area is 104 Å². The number of rotatable bonds is 3. The monoisotopic (exact) mass is 255 g/mol. The minimum absolute atomic E-state index is 0.213. The van der Waals surface area contributed by atoms with Crippen molar-refractivity contribution in [1.29, 1.82) is 0 Å². The molecule has 0 atom stereocenters. The van der Waals surface area contributed by atoms with Gasteiger partial charge in [-0.25, -0.2) is 8.78 Å². The van der Waals surface area contributed by atoms with E-state index >= 15 is 0 Å². The van der Waals surface area contributed by atoms with Crippen molar-refractivity contribution in [2.45, 2.75) is 31.2 Å². The highest BCUT2D eigenvalue weighted by Crippen LogP contribution is 2.29. The van der Waals surface area contributed by atoms with E-state index in [2.05, 4.69) is 5.32 Å². The number of hydrogen-bond donors (Lipinski definition) is 2. The molecule has 0 spiro atoms. The standard InChI is InChI=1S/C13H15F2NO2/c14-9-4-3-5-10(15)11(9)12(18)16-13(8-17)6-1-2-7-13/h3-5,17H,1-2,6-8H2,(H,16,18). The fourth-order valence-corrected chi connectivity index (χ4v) is 2.39. The molecule has 0 radical (unpaired) electrons. The number of carbonyl (C=O) groups excluding carboxylic acids is 1. The Bertz CT molecular complexity index is 436. The lowest BCUT2D eigenvalue weighted by Crippen LogP contribution is -2.49. The zero-order valence-corrected chi connectivity index (χ0v) is 9.88. The molecule has 1 aliphatic rings. The Morgan fingerprint density at radius 3 is 2.33 bits per heavy atom. The van der Waals surface area contributed by atoms with Gasteiger partial charge in [0.2, 0.25) is 0 Å². The first-order chi connectivity index (χ1) is 8.58. The van der Waals surface area contributed by atoms with Gasteiger partial charge in [0.15, 0.2) is 0 Å². The summed E-state index contributed by atoms with van der Waals surface area (Å²) in [5, 5.41) is 11.9. The van der Waals surface area contributed by atoms with Crippen molar-refractivity contribution in [3.05, 3.63) is 35.4 Å². The second-order valence-corrected chi connectivity index (χ2v) is 4.70. The van der Waals surface area contributed by atoms with Crippen LogP contribution in [0, 0.1) is 11.6 Å². The molecule has 2 N–H and O–H groups in total. The molecule has 2 rings (SSSR count). The maximum atomic E-state index is 13.4. The fourth-order valence-electron chi connectivity index (χ4n) is 2.39. The first-order valence-corrected chi connectivity index (χ1v) is 5.95. The Morgan fingerprint density at radius 1 is 1.28 bits per heavy atom. The summed E-state index contributed by atoms with van der Waals surface area (Å²) in [6.45, 7) is -0.213. The van der Waals surface area contributed by atoms with Crippen molar-refractivity contribution in [2.24, 2.45) is 0 Å². The van der Waals surface area contributed by atoms with Gasteiger partial charge in [0.05, 0.1) is 12.1 Å². The topological polar surface area (TPSA) is 49.3 Å². The van der Waals surface area contributed by atoms with Gasteiger partial charge >= 0.3 is 0 Å². The number of aliphatic hydroxyl groups is 1. The van der Waals surface area contributed by atoms with Crippen LogP contribution in [0.2, 0.25) is 0 Å². The molecule has 0 aromatic heterocycles. The Hall–Kier alpha value is -1.49. The van der Waals surface area contributed by atoms with Gasteiger partial charge in [-0.05, 0) is 25.0 Å².